The van der Waals surface area contributed by atoms with Gasteiger partial charge in [-0.2, -0.15) is 0 Å². The zero-order valence-electron chi connectivity index (χ0n) is 10.9. The molecule has 1 amide bonds. The van der Waals surface area contributed by atoms with E-state index < -0.39 is 0 Å². The fourth-order valence-electron chi connectivity index (χ4n) is 1.84. The van der Waals surface area contributed by atoms with E-state index in [0.717, 1.165) is 15.6 Å². The number of rotatable bonds is 4. The SMILES string of the molecule is CC(C)CC(C)N(C)C(=O)c1ccc(I)cc1. The molecule has 1 rings (SSSR count). The maximum atomic E-state index is 12.2. The third-order valence-electron chi connectivity index (χ3n) is 2.89. The molecule has 1 aromatic carbocycles. The maximum absolute atomic E-state index is 12.2. The molecule has 0 bridgehead atoms. The van der Waals surface area contributed by atoms with Crippen LogP contribution >= 0.6 is 22.6 Å². The number of nitrogens with zero attached hydrogens (tertiary/aromatic N) is 1. The van der Waals surface area contributed by atoms with Crippen LogP contribution in [0.25, 0.3) is 0 Å². The van der Waals surface area contributed by atoms with Crippen molar-refractivity contribution in [1.29, 1.82) is 0 Å². The molecule has 0 aliphatic carbocycles. The van der Waals surface area contributed by atoms with E-state index in [2.05, 4.69) is 43.4 Å². The van der Waals surface area contributed by atoms with Gasteiger partial charge in [0.2, 0.25) is 0 Å². The Hall–Kier alpha value is -0.580. The van der Waals surface area contributed by atoms with Crippen molar-refractivity contribution in [2.45, 2.75) is 33.2 Å². The van der Waals surface area contributed by atoms with Crippen LogP contribution in [0.3, 0.4) is 0 Å². The third kappa shape index (κ3) is 4.30. The molecule has 1 unspecified atom stereocenters. The summed E-state index contributed by atoms with van der Waals surface area (Å²) in [5.41, 5.74) is 0.767. The van der Waals surface area contributed by atoms with Gasteiger partial charge >= 0.3 is 0 Å². The van der Waals surface area contributed by atoms with Crippen LogP contribution in [0, 0.1) is 9.49 Å². The first-order valence-corrected chi connectivity index (χ1v) is 7.02. The van der Waals surface area contributed by atoms with E-state index in [-0.39, 0.29) is 11.9 Å². The zero-order chi connectivity index (χ0) is 13.0. The summed E-state index contributed by atoms with van der Waals surface area (Å²) in [7, 11) is 1.88. The van der Waals surface area contributed by atoms with Gasteiger partial charge in [-0.3, -0.25) is 4.79 Å². The van der Waals surface area contributed by atoms with Gasteiger partial charge in [0.05, 0.1) is 0 Å². The van der Waals surface area contributed by atoms with Gasteiger partial charge in [-0.05, 0) is 66.1 Å². The van der Waals surface area contributed by atoms with Crippen LogP contribution in [-0.4, -0.2) is 23.9 Å². The van der Waals surface area contributed by atoms with Gasteiger partial charge in [0, 0.05) is 22.2 Å². The molecule has 1 atom stereocenters. The lowest BCUT2D eigenvalue weighted by Crippen LogP contribution is -2.35. The minimum Gasteiger partial charge on any atom is -0.339 e. The Kier molecular flexibility index (Phi) is 5.43. The lowest BCUT2D eigenvalue weighted by atomic mass is 10.0. The standard InChI is InChI=1S/C14H20INO/c1-10(2)9-11(3)16(4)14(17)12-5-7-13(15)8-6-12/h5-8,10-11H,9H2,1-4H3. The normalized spacial score (nSPS) is 12.6. The predicted octanol–water partition coefficient (Wildman–Crippen LogP) is 3.80. The molecule has 0 aromatic heterocycles. The van der Waals surface area contributed by atoms with Crippen molar-refractivity contribution in [3.63, 3.8) is 0 Å². The summed E-state index contributed by atoms with van der Waals surface area (Å²) < 4.78 is 1.15. The highest BCUT2D eigenvalue weighted by Crippen LogP contribution is 2.14. The minimum absolute atomic E-state index is 0.106. The number of hydrogen-bond acceptors (Lipinski definition) is 1. The van der Waals surface area contributed by atoms with Gasteiger partial charge in [0.25, 0.3) is 5.91 Å². The lowest BCUT2D eigenvalue weighted by molar-refractivity contribution is 0.0728. The lowest BCUT2D eigenvalue weighted by Gasteiger charge is -2.26. The Labute approximate surface area is 118 Å². The molecule has 3 heteroatoms. The molecular formula is C14H20INO. The Morgan fingerprint density at radius 2 is 1.76 bits per heavy atom. The van der Waals surface area contributed by atoms with Crippen LogP contribution in [-0.2, 0) is 0 Å². The molecule has 0 N–H and O–H groups in total. The van der Waals surface area contributed by atoms with Crippen LogP contribution in [0.15, 0.2) is 24.3 Å². The van der Waals surface area contributed by atoms with Gasteiger partial charge in [0.1, 0.15) is 0 Å². The van der Waals surface area contributed by atoms with E-state index in [1.54, 1.807) is 0 Å². The first kappa shape index (κ1) is 14.5. The molecule has 17 heavy (non-hydrogen) atoms. The van der Waals surface area contributed by atoms with E-state index in [4.69, 9.17) is 0 Å². The van der Waals surface area contributed by atoms with Crippen molar-refractivity contribution in [3.8, 4) is 0 Å². The third-order valence-corrected chi connectivity index (χ3v) is 3.60. The molecule has 2 nitrogen and oxygen atoms in total. The first-order valence-electron chi connectivity index (χ1n) is 5.94. The van der Waals surface area contributed by atoms with E-state index >= 15 is 0 Å². The van der Waals surface area contributed by atoms with E-state index in [1.807, 2.05) is 36.2 Å². The highest BCUT2D eigenvalue weighted by molar-refractivity contribution is 14.1. The summed E-state index contributed by atoms with van der Waals surface area (Å²) >= 11 is 2.24. The Bertz CT molecular complexity index is 372. The van der Waals surface area contributed by atoms with Gasteiger partial charge in [-0.15, -0.1) is 0 Å². The van der Waals surface area contributed by atoms with Crippen molar-refractivity contribution < 1.29 is 4.79 Å². The molecule has 0 saturated heterocycles. The molecule has 0 aliphatic rings. The molecule has 0 aliphatic heterocycles. The molecule has 0 heterocycles. The number of carbonyl (C=O) groups is 1. The Balaban J connectivity index is 2.72. The number of amides is 1. The quantitative estimate of drug-likeness (QED) is 0.761. The monoisotopic (exact) mass is 345 g/mol. The first-order chi connectivity index (χ1) is 7.91. The summed E-state index contributed by atoms with van der Waals surface area (Å²) in [5, 5.41) is 0. The fourth-order valence-corrected chi connectivity index (χ4v) is 2.20. The van der Waals surface area contributed by atoms with Gasteiger partial charge < -0.3 is 4.90 Å². The van der Waals surface area contributed by atoms with Crippen LogP contribution in [0.5, 0.6) is 0 Å². The number of hydrogen-bond donors (Lipinski definition) is 0. The summed E-state index contributed by atoms with van der Waals surface area (Å²) in [6, 6.07) is 8.00. The van der Waals surface area contributed by atoms with Gasteiger partial charge in [-0.25, -0.2) is 0 Å². The van der Waals surface area contributed by atoms with Crippen molar-refractivity contribution in [2.75, 3.05) is 7.05 Å². The molecule has 0 fully saturated rings. The minimum atomic E-state index is 0.106. The largest absolute Gasteiger partial charge is 0.339 e. The summed E-state index contributed by atoms with van der Waals surface area (Å²) in [5.74, 6) is 0.714. The van der Waals surface area contributed by atoms with E-state index in [0.29, 0.717) is 5.92 Å². The summed E-state index contributed by atoms with van der Waals surface area (Å²) in [6.07, 6.45) is 1.03. The highest BCUT2D eigenvalue weighted by atomic mass is 127. The van der Waals surface area contributed by atoms with Gasteiger partial charge in [0.15, 0.2) is 0 Å². The van der Waals surface area contributed by atoms with Crippen LogP contribution in [0.4, 0.5) is 0 Å². The van der Waals surface area contributed by atoms with Crippen molar-refractivity contribution in [1.82, 2.24) is 4.90 Å². The average Bonchev–Trinajstić information content (AvgIpc) is 2.27. The molecular weight excluding hydrogens is 325 g/mol. The molecule has 0 spiro atoms. The second-order valence-electron chi connectivity index (χ2n) is 4.90. The molecule has 94 valence electrons. The van der Waals surface area contributed by atoms with Crippen LogP contribution in [0.2, 0.25) is 0 Å². The molecule has 1 aromatic rings. The Morgan fingerprint density at radius 1 is 1.24 bits per heavy atom. The summed E-state index contributed by atoms with van der Waals surface area (Å²) in [4.78, 5) is 14.0. The zero-order valence-corrected chi connectivity index (χ0v) is 13.1. The maximum Gasteiger partial charge on any atom is 0.253 e. The Morgan fingerprint density at radius 3 is 2.24 bits per heavy atom. The fraction of sp³-hybridized carbons (Fsp3) is 0.500. The summed E-state index contributed by atoms with van der Waals surface area (Å²) in [6.45, 7) is 6.46. The van der Waals surface area contributed by atoms with Crippen LogP contribution < -0.4 is 0 Å². The van der Waals surface area contributed by atoms with Crippen LogP contribution in [0.1, 0.15) is 37.6 Å². The number of carbonyl (C=O) groups excluding carboxylic acids is 1. The second-order valence-corrected chi connectivity index (χ2v) is 6.15. The smallest absolute Gasteiger partial charge is 0.253 e. The number of benzene rings is 1. The van der Waals surface area contributed by atoms with E-state index in [9.17, 15) is 4.79 Å². The topological polar surface area (TPSA) is 20.3 Å². The molecule has 0 radical (unpaired) electrons. The second kappa shape index (κ2) is 6.38. The predicted molar refractivity (Wildman–Crippen MR) is 80.2 cm³/mol. The van der Waals surface area contributed by atoms with Crippen molar-refractivity contribution in [2.24, 2.45) is 5.92 Å². The average molecular weight is 345 g/mol. The number of halogens is 1. The van der Waals surface area contributed by atoms with Crippen molar-refractivity contribution >= 4 is 28.5 Å². The highest BCUT2D eigenvalue weighted by Gasteiger charge is 2.17. The van der Waals surface area contributed by atoms with E-state index in [1.165, 1.54) is 0 Å². The molecule has 0 saturated carbocycles. The van der Waals surface area contributed by atoms with Gasteiger partial charge in [-0.1, -0.05) is 13.8 Å². The van der Waals surface area contributed by atoms with Crippen molar-refractivity contribution in [3.05, 3.63) is 33.4 Å².